The summed E-state index contributed by atoms with van der Waals surface area (Å²) in [6.45, 7) is 7.96. The van der Waals surface area contributed by atoms with E-state index < -0.39 is 0 Å². The van der Waals surface area contributed by atoms with Crippen LogP contribution in [0.15, 0.2) is 42.7 Å². The van der Waals surface area contributed by atoms with Crippen molar-refractivity contribution in [1.82, 2.24) is 20.0 Å². The van der Waals surface area contributed by atoms with Crippen molar-refractivity contribution in [3.05, 3.63) is 53.9 Å². The molecule has 1 N–H and O–H groups in total. The first-order valence-electron chi connectivity index (χ1n) is 11.1. The van der Waals surface area contributed by atoms with E-state index in [-0.39, 0.29) is 5.92 Å². The highest BCUT2D eigenvalue weighted by atomic mass is 16.2. The second-order valence-corrected chi connectivity index (χ2v) is 8.02. The number of aromatic amines is 1. The smallest absolute Gasteiger partial charge is 0.225 e. The predicted molar refractivity (Wildman–Crippen MR) is 119 cm³/mol. The number of benzene rings is 1. The molecule has 0 spiro atoms. The number of H-pyrrole nitrogens is 1. The molecule has 0 aliphatic heterocycles. The number of carbonyl (C=O) groups excluding carboxylic acids is 1. The molecular weight excluding hydrogens is 360 g/mol. The minimum atomic E-state index is 0.280. The summed E-state index contributed by atoms with van der Waals surface area (Å²) in [5.41, 5.74) is 2.48. The average Bonchev–Trinajstić information content (AvgIpc) is 3.26. The summed E-state index contributed by atoms with van der Waals surface area (Å²) in [6.07, 6.45) is 10.9. The topological polar surface area (TPSA) is 52.2 Å². The Morgan fingerprint density at radius 1 is 1.07 bits per heavy atom. The summed E-state index contributed by atoms with van der Waals surface area (Å²) in [6, 6.07) is 10.3. The van der Waals surface area contributed by atoms with Gasteiger partial charge >= 0.3 is 0 Å². The Balaban J connectivity index is 0.000000234. The third kappa shape index (κ3) is 8.40. The molecule has 5 nitrogen and oxygen atoms in total. The third-order valence-electron chi connectivity index (χ3n) is 5.48. The fourth-order valence-electron chi connectivity index (χ4n) is 3.89. The van der Waals surface area contributed by atoms with Crippen LogP contribution >= 0.6 is 0 Å². The Morgan fingerprint density at radius 3 is 2.38 bits per heavy atom. The number of nitrogens with zero attached hydrogens (tertiary/aromatic N) is 3. The summed E-state index contributed by atoms with van der Waals surface area (Å²) in [7, 11) is 2.12. The van der Waals surface area contributed by atoms with E-state index in [1.165, 1.54) is 36.8 Å². The van der Waals surface area contributed by atoms with E-state index >= 15 is 0 Å². The number of aromatic nitrogens is 2. The maximum absolute atomic E-state index is 12.5. The number of rotatable bonds is 8. The normalized spacial score (nSPS) is 14.3. The lowest BCUT2D eigenvalue weighted by Crippen LogP contribution is -2.36. The second kappa shape index (κ2) is 13.2. The van der Waals surface area contributed by atoms with Crippen LogP contribution in [0.2, 0.25) is 0 Å². The molecule has 1 amide bonds. The van der Waals surface area contributed by atoms with Gasteiger partial charge in [-0.3, -0.25) is 9.89 Å². The van der Waals surface area contributed by atoms with Crippen LogP contribution in [0.25, 0.3) is 0 Å². The fourth-order valence-corrected chi connectivity index (χ4v) is 3.89. The summed E-state index contributed by atoms with van der Waals surface area (Å²) >= 11 is 0. The molecule has 1 saturated carbocycles. The van der Waals surface area contributed by atoms with Gasteiger partial charge in [-0.15, -0.1) is 0 Å². The van der Waals surface area contributed by atoms with Crippen LogP contribution in [-0.2, 0) is 17.9 Å². The molecule has 0 bridgehead atoms. The Bertz CT molecular complexity index is 665. The number of hydrogen-bond donors (Lipinski definition) is 1. The van der Waals surface area contributed by atoms with Gasteiger partial charge in [0.25, 0.3) is 0 Å². The van der Waals surface area contributed by atoms with E-state index in [0.717, 1.165) is 39.0 Å². The van der Waals surface area contributed by atoms with Crippen LogP contribution in [-0.4, -0.2) is 46.0 Å². The maximum atomic E-state index is 12.5. The lowest BCUT2D eigenvalue weighted by atomic mass is 9.88. The van der Waals surface area contributed by atoms with E-state index in [4.69, 9.17) is 0 Å². The number of amides is 1. The molecule has 1 aromatic carbocycles. The number of nitrogens with one attached hydrogen (secondary N) is 1. The zero-order chi connectivity index (χ0) is 20.9. The molecule has 0 saturated heterocycles. The van der Waals surface area contributed by atoms with Gasteiger partial charge < -0.3 is 9.80 Å². The van der Waals surface area contributed by atoms with Gasteiger partial charge in [0.1, 0.15) is 0 Å². The molecule has 1 aromatic heterocycles. The van der Waals surface area contributed by atoms with Crippen LogP contribution in [0.3, 0.4) is 0 Å². The highest BCUT2D eigenvalue weighted by Crippen LogP contribution is 2.25. The molecule has 2 aromatic rings. The van der Waals surface area contributed by atoms with Gasteiger partial charge in [-0.1, -0.05) is 56.5 Å². The molecule has 1 fully saturated rings. The molecule has 0 radical (unpaired) electrons. The van der Waals surface area contributed by atoms with Crippen molar-refractivity contribution in [2.24, 2.45) is 5.92 Å². The summed E-state index contributed by atoms with van der Waals surface area (Å²) in [5, 5.41) is 6.68. The summed E-state index contributed by atoms with van der Waals surface area (Å²) in [5.74, 6) is 0.642. The Labute approximate surface area is 176 Å². The highest BCUT2D eigenvalue weighted by Gasteiger charge is 2.25. The molecule has 1 aliphatic rings. The zero-order valence-corrected chi connectivity index (χ0v) is 18.4. The van der Waals surface area contributed by atoms with Gasteiger partial charge in [0.2, 0.25) is 5.91 Å². The lowest BCUT2D eigenvalue weighted by molar-refractivity contribution is -0.137. The number of hydrogen-bond acceptors (Lipinski definition) is 3. The molecule has 5 heteroatoms. The van der Waals surface area contributed by atoms with E-state index in [1.54, 1.807) is 0 Å². The minimum absolute atomic E-state index is 0.280. The zero-order valence-electron chi connectivity index (χ0n) is 18.4. The summed E-state index contributed by atoms with van der Waals surface area (Å²) < 4.78 is 0. The van der Waals surface area contributed by atoms with Gasteiger partial charge in [0.05, 0.1) is 6.20 Å². The third-order valence-corrected chi connectivity index (χ3v) is 5.48. The monoisotopic (exact) mass is 398 g/mol. The van der Waals surface area contributed by atoms with Crippen LogP contribution in [0.5, 0.6) is 0 Å². The van der Waals surface area contributed by atoms with Crippen molar-refractivity contribution in [3.8, 4) is 0 Å². The van der Waals surface area contributed by atoms with E-state index in [9.17, 15) is 4.79 Å². The maximum Gasteiger partial charge on any atom is 0.225 e. The van der Waals surface area contributed by atoms with Crippen LogP contribution < -0.4 is 0 Å². The number of carbonyl (C=O) groups is 1. The van der Waals surface area contributed by atoms with E-state index in [2.05, 4.69) is 48.1 Å². The van der Waals surface area contributed by atoms with Crippen molar-refractivity contribution in [2.75, 3.05) is 20.1 Å². The van der Waals surface area contributed by atoms with Crippen molar-refractivity contribution >= 4 is 5.91 Å². The largest absolute Gasteiger partial charge is 0.338 e. The molecule has 1 aliphatic carbocycles. The quantitative estimate of drug-likeness (QED) is 0.690. The average molecular weight is 399 g/mol. The fraction of sp³-hybridized carbons (Fsp3) is 0.583. The Morgan fingerprint density at radius 2 is 1.79 bits per heavy atom. The lowest BCUT2D eigenvalue weighted by Gasteiger charge is -2.28. The van der Waals surface area contributed by atoms with Crippen molar-refractivity contribution in [1.29, 1.82) is 0 Å². The first-order valence-corrected chi connectivity index (χ1v) is 11.1. The van der Waals surface area contributed by atoms with Gasteiger partial charge in [0.15, 0.2) is 0 Å². The van der Waals surface area contributed by atoms with Gasteiger partial charge in [-0.25, -0.2) is 0 Å². The molecule has 0 unspecified atom stereocenters. The van der Waals surface area contributed by atoms with E-state index in [1.807, 2.05) is 35.5 Å². The van der Waals surface area contributed by atoms with Crippen LogP contribution in [0, 0.1) is 5.92 Å². The summed E-state index contributed by atoms with van der Waals surface area (Å²) in [4.78, 5) is 16.7. The van der Waals surface area contributed by atoms with Gasteiger partial charge in [0, 0.05) is 37.3 Å². The van der Waals surface area contributed by atoms with Gasteiger partial charge in [-0.2, -0.15) is 5.10 Å². The Hall–Kier alpha value is -2.14. The van der Waals surface area contributed by atoms with Crippen molar-refractivity contribution < 1.29 is 4.79 Å². The van der Waals surface area contributed by atoms with Crippen molar-refractivity contribution in [3.63, 3.8) is 0 Å². The SMILES string of the molecule is CCCN(C)Cc1cn[nH]c1.CCN(Cc1ccccc1)C(=O)C1CCCCC1. The van der Waals surface area contributed by atoms with E-state index in [0.29, 0.717) is 5.91 Å². The minimum Gasteiger partial charge on any atom is -0.338 e. The first kappa shape index (κ1) is 23.1. The standard InChI is InChI=1S/C16H23NO.C8H15N3/c1-2-17(13-14-9-5-3-6-10-14)16(18)15-11-7-4-8-12-15;1-3-4-11(2)7-8-5-9-10-6-8/h3,5-6,9-10,15H,2,4,7-8,11-13H2,1H3;5-6H,3-4,7H2,1-2H3,(H,9,10). The molecule has 29 heavy (non-hydrogen) atoms. The van der Waals surface area contributed by atoms with Crippen molar-refractivity contribution in [2.45, 2.75) is 65.5 Å². The molecule has 1 heterocycles. The molecule has 0 atom stereocenters. The first-order chi connectivity index (χ1) is 14.1. The molecular formula is C24H38N4O. The van der Waals surface area contributed by atoms with Crippen LogP contribution in [0.1, 0.15) is 63.5 Å². The molecule has 160 valence electrons. The van der Waals surface area contributed by atoms with Crippen LogP contribution in [0.4, 0.5) is 0 Å². The second-order valence-electron chi connectivity index (χ2n) is 8.02. The predicted octanol–water partition coefficient (Wildman–Crippen LogP) is 4.87. The van der Waals surface area contributed by atoms with Gasteiger partial charge in [-0.05, 0) is 45.3 Å². The Kier molecular flexibility index (Phi) is 10.5. The molecule has 3 rings (SSSR count). The highest BCUT2D eigenvalue weighted by molar-refractivity contribution is 5.78.